The molecule has 5 atom stereocenters. The van der Waals surface area contributed by atoms with E-state index < -0.39 is 30.4 Å². The van der Waals surface area contributed by atoms with Crippen LogP contribution >= 0.6 is 0 Å². The molecule has 1 aromatic carbocycles. The number of hydrogen-bond acceptors (Lipinski definition) is 6. The summed E-state index contributed by atoms with van der Waals surface area (Å²) in [5, 5.41) is 0. The zero-order valence-corrected chi connectivity index (χ0v) is 14.3. The molecule has 6 nitrogen and oxygen atoms in total. The molecule has 0 spiro atoms. The number of benzene rings is 1. The van der Waals surface area contributed by atoms with Gasteiger partial charge in [0.05, 0.1) is 6.61 Å². The minimum absolute atomic E-state index is 0.365. The van der Waals surface area contributed by atoms with E-state index in [4.69, 9.17) is 23.7 Å². The number of carbonyl (C=O) groups is 1. The van der Waals surface area contributed by atoms with Crippen LogP contribution in [-0.2, 0) is 35.1 Å². The van der Waals surface area contributed by atoms with E-state index in [1.807, 2.05) is 44.2 Å². The molecule has 0 amide bonds. The molecule has 25 heavy (non-hydrogen) atoms. The van der Waals surface area contributed by atoms with Crippen molar-refractivity contribution < 1.29 is 28.5 Å². The molecule has 4 unspecified atom stereocenters. The van der Waals surface area contributed by atoms with Crippen LogP contribution in [0, 0.1) is 0 Å². The molecule has 0 aromatic heterocycles. The average molecular weight is 346 g/mol. The lowest BCUT2D eigenvalue weighted by Gasteiger charge is -2.28. The van der Waals surface area contributed by atoms with E-state index in [1.54, 1.807) is 0 Å². The van der Waals surface area contributed by atoms with Crippen LogP contribution in [0.1, 0.15) is 25.8 Å². The fourth-order valence-electron chi connectivity index (χ4n) is 3.53. The number of fused-ring (bicyclic) bond motifs is 1. The maximum atomic E-state index is 11.7. The van der Waals surface area contributed by atoms with E-state index in [1.165, 1.54) is 0 Å². The van der Waals surface area contributed by atoms with Crippen molar-refractivity contribution in [2.24, 2.45) is 0 Å². The highest BCUT2D eigenvalue weighted by Gasteiger charge is 2.58. The first kappa shape index (κ1) is 16.7. The molecule has 4 rings (SSSR count). The van der Waals surface area contributed by atoms with Gasteiger partial charge in [0, 0.05) is 12.0 Å². The molecule has 3 heterocycles. The SMILES string of the molecule is C=C1C[C@H](C2OC3OC(C)(C)OC3C2OCc2ccccc2)OC1=O. The molecule has 0 N–H and O–H groups in total. The summed E-state index contributed by atoms with van der Waals surface area (Å²) in [6.07, 6.45) is -1.74. The summed E-state index contributed by atoms with van der Waals surface area (Å²) >= 11 is 0. The third-order valence-corrected chi connectivity index (χ3v) is 4.67. The first-order chi connectivity index (χ1) is 11.9. The largest absolute Gasteiger partial charge is 0.456 e. The molecule has 3 aliphatic heterocycles. The van der Waals surface area contributed by atoms with Crippen LogP contribution in [0.15, 0.2) is 42.5 Å². The Hall–Kier alpha value is -1.73. The number of cyclic esters (lactones) is 1. The molecular weight excluding hydrogens is 324 g/mol. The van der Waals surface area contributed by atoms with Crippen LogP contribution in [0.25, 0.3) is 0 Å². The summed E-state index contributed by atoms with van der Waals surface area (Å²) < 4.78 is 29.3. The van der Waals surface area contributed by atoms with Gasteiger partial charge < -0.3 is 23.7 Å². The molecule has 1 aromatic rings. The van der Waals surface area contributed by atoms with Gasteiger partial charge in [0.25, 0.3) is 0 Å². The zero-order chi connectivity index (χ0) is 17.6. The standard InChI is InChI=1S/C19H22O6/c1-11-9-13(22-17(11)20)14-15(21-10-12-7-5-4-6-8-12)16-18(23-14)25-19(2,3)24-16/h4-8,13-16,18H,1,9-10H2,2-3H3/t13-,14?,15?,16?,18?/m1/s1. The van der Waals surface area contributed by atoms with Crippen LogP contribution in [0.2, 0.25) is 0 Å². The van der Waals surface area contributed by atoms with Crippen molar-refractivity contribution in [3.05, 3.63) is 48.0 Å². The molecule has 0 radical (unpaired) electrons. The van der Waals surface area contributed by atoms with E-state index in [0.29, 0.717) is 18.6 Å². The molecule has 3 fully saturated rings. The van der Waals surface area contributed by atoms with Crippen LogP contribution < -0.4 is 0 Å². The van der Waals surface area contributed by atoms with Gasteiger partial charge in [-0.25, -0.2) is 4.79 Å². The van der Waals surface area contributed by atoms with Crippen LogP contribution in [0.5, 0.6) is 0 Å². The van der Waals surface area contributed by atoms with Gasteiger partial charge in [-0.3, -0.25) is 0 Å². The third kappa shape index (κ3) is 3.22. The number of esters is 1. The minimum Gasteiger partial charge on any atom is -0.456 e. The first-order valence-corrected chi connectivity index (χ1v) is 8.48. The zero-order valence-electron chi connectivity index (χ0n) is 14.3. The Balaban J connectivity index is 1.51. The van der Waals surface area contributed by atoms with Crippen molar-refractivity contribution in [1.82, 2.24) is 0 Å². The molecule has 3 aliphatic rings. The number of carbonyl (C=O) groups excluding carboxylic acids is 1. The Kier molecular flexibility index (Phi) is 4.16. The summed E-state index contributed by atoms with van der Waals surface area (Å²) in [5.74, 6) is -1.11. The second-order valence-electron chi connectivity index (χ2n) is 7.08. The maximum absolute atomic E-state index is 11.7. The van der Waals surface area contributed by atoms with Crippen LogP contribution in [0.3, 0.4) is 0 Å². The van der Waals surface area contributed by atoms with Crippen molar-refractivity contribution in [2.75, 3.05) is 0 Å². The van der Waals surface area contributed by atoms with Gasteiger partial charge in [-0.15, -0.1) is 0 Å². The number of ether oxygens (including phenoxy) is 5. The van der Waals surface area contributed by atoms with Crippen molar-refractivity contribution >= 4 is 5.97 Å². The lowest BCUT2D eigenvalue weighted by molar-refractivity contribution is -0.230. The Morgan fingerprint density at radius 3 is 2.64 bits per heavy atom. The summed E-state index contributed by atoms with van der Waals surface area (Å²) in [6, 6.07) is 9.88. The predicted octanol–water partition coefficient (Wildman–Crippen LogP) is 2.32. The van der Waals surface area contributed by atoms with Gasteiger partial charge in [0.2, 0.25) is 0 Å². The molecule has 134 valence electrons. The quantitative estimate of drug-likeness (QED) is 0.616. The molecule has 0 aliphatic carbocycles. The molecule has 0 bridgehead atoms. The van der Waals surface area contributed by atoms with Gasteiger partial charge in [-0.05, 0) is 19.4 Å². The number of rotatable bonds is 4. The summed E-state index contributed by atoms with van der Waals surface area (Å²) in [7, 11) is 0. The normalized spacial score (nSPS) is 36.5. The highest BCUT2D eigenvalue weighted by molar-refractivity contribution is 5.90. The second-order valence-corrected chi connectivity index (χ2v) is 7.08. The predicted molar refractivity (Wildman–Crippen MR) is 87.4 cm³/mol. The van der Waals surface area contributed by atoms with Crippen LogP contribution in [0.4, 0.5) is 0 Å². The average Bonchev–Trinajstić information content (AvgIpc) is 3.16. The van der Waals surface area contributed by atoms with Gasteiger partial charge in [0.1, 0.15) is 24.4 Å². The Labute approximate surface area is 146 Å². The van der Waals surface area contributed by atoms with E-state index in [-0.39, 0.29) is 12.1 Å². The summed E-state index contributed by atoms with van der Waals surface area (Å²) in [5.41, 5.74) is 1.50. The monoisotopic (exact) mass is 346 g/mol. The first-order valence-electron chi connectivity index (χ1n) is 8.48. The third-order valence-electron chi connectivity index (χ3n) is 4.67. The van der Waals surface area contributed by atoms with Crippen molar-refractivity contribution in [3.8, 4) is 0 Å². The van der Waals surface area contributed by atoms with E-state index >= 15 is 0 Å². The van der Waals surface area contributed by atoms with Gasteiger partial charge in [0.15, 0.2) is 12.1 Å². The molecule has 6 heteroatoms. The number of hydrogen-bond donors (Lipinski definition) is 0. The van der Waals surface area contributed by atoms with Crippen molar-refractivity contribution in [1.29, 1.82) is 0 Å². The molecular formula is C19H22O6. The molecule has 3 saturated heterocycles. The lowest BCUT2D eigenvalue weighted by atomic mass is 10.0. The highest BCUT2D eigenvalue weighted by atomic mass is 16.8. The van der Waals surface area contributed by atoms with Crippen molar-refractivity contribution in [2.45, 2.75) is 63.4 Å². The van der Waals surface area contributed by atoms with Gasteiger partial charge in [-0.1, -0.05) is 36.9 Å². The summed E-state index contributed by atoms with van der Waals surface area (Å²) in [6.45, 7) is 7.84. The maximum Gasteiger partial charge on any atom is 0.333 e. The lowest BCUT2D eigenvalue weighted by Crippen LogP contribution is -2.42. The van der Waals surface area contributed by atoms with Gasteiger partial charge in [-0.2, -0.15) is 0 Å². The topological polar surface area (TPSA) is 63.2 Å². The van der Waals surface area contributed by atoms with E-state index in [9.17, 15) is 4.79 Å². The Bertz CT molecular complexity index is 654. The fourth-order valence-corrected chi connectivity index (χ4v) is 3.53. The van der Waals surface area contributed by atoms with E-state index in [0.717, 1.165) is 5.56 Å². The second kappa shape index (κ2) is 6.21. The molecule has 0 saturated carbocycles. The summed E-state index contributed by atoms with van der Waals surface area (Å²) in [4.78, 5) is 11.7. The smallest absolute Gasteiger partial charge is 0.333 e. The van der Waals surface area contributed by atoms with Crippen LogP contribution in [-0.4, -0.2) is 42.5 Å². The minimum atomic E-state index is -0.732. The van der Waals surface area contributed by atoms with Crippen molar-refractivity contribution in [3.63, 3.8) is 0 Å². The fraction of sp³-hybridized carbons (Fsp3) is 0.526. The van der Waals surface area contributed by atoms with E-state index in [2.05, 4.69) is 6.58 Å². The highest BCUT2D eigenvalue weighted by Crippen LogP contribution is 2.42. The van der Waals surface area contributed by atoms with Gasteiger partial charge >= 0.3 is 5.97 Å². The Morgan fingerprint density at radius 1 is 1.20 bits per heavy atom. The Morgan fingerprint density at radius 2 is 1.96 bits per heavy atom.